The molecule has 3 rings (SSSR count). The predicted octanol–water partition coefficient (Wildman–Crippen LogP) is 4.40. The normalized spacial score (nSPS) is 10.5. The maximum absolute atomic E-state index is 12.9. The lowest BCUT2D eigenvalue weighted by Gasteiger charge is -2.00. The average Bonchev–Trinajstić information content (AvgIpc) is 3.05. The molecule has 2 aromatic carbocycles. The van der Waals surface area contributed by atoms with Crippen molar-refractivity contribution in [3.8, 4) is 21.8 Å². The highest BCUT2D eigenvalue weighted by atomic mass is 32.1. The molecule has 3 nitrogen and oxygen atoms in total. The van der Waals surface area contributed by atoms with Crippen molar-refractivity contribution in [2.24, 2.45) is 0 Å². The van der Waals surface area contributed by atoms with Gasteiger partial charge >= 0.3 is 5.97 Å². The summed E-state index contributed by atoms with van der Waals surface area (Å²) in [6.07, 6.45) is 0. The largest absolute Gasteiger partial charge is 0.465 e. The van der Waals surface area contributed by atoms with E-state index in [0.717, 1.165) is 21.8 Å². The summed E-state index contributed by atoms with van der Waals surface area (Å²) in [7, 11) is 1.35. The van der Waals surface area contributed by atoms with Crippen LogP contribution in [0.2, 0.25) is 0 Å². The first-order valence-corrected chi connectivity index (χ1v) is 7.45. The van der Waals surface area contributed by atoms with E-state index in [1.165, 1.54) is 30.6 Å². The van der Waals surface area contributed by atoms with E-state index in [4.69, 9.17) is 0 Å². The summed E-state index contributed by atoms with van der Waals surface area (Å²) < 4.78 is 17.6. The van der Waals surface area contributed by atoms with Crippen LogP contribution in [-0.2, 0) is 4.74 Å². The molecule has 0 saturated carbocycles. The minimum atomic E-state index is -0.363. The quantitative estimate of drug-likeness (QED) is 0.673. The fourth-order valence-corrected chi connectivity index (χ4v) is 2.86. The van der Waals surface area contributed by atoms with Gasteiger partial charge in [0.15, 0.2) is 0 Å². The van der Waals surface area contributed by atoms with Gasteiger partial charge in [0.05, 0.1) is 18.4 Å². The van der Waals surface area contributed by atoms with Crippen LogP contribution in [0.4, 0.5) is 4.39 Å². The average molecular weight is 313 g/mol. The van der Waals surface area contributed by atoms with Gasteiger partial charge in [-0.2, -0.15) is 0 Å². The van der Waals surface area contributed by atoms with E-state index in [1.807, 2.05) is 17.5 Å². The third kappa shape index (κ3) is 2.89. The van der Waals surface area contributed by atoms with E-state index >= 15 is 0 Å². The molecule has 0 amide bonds. The molecule has 3 aromatic rings. The topological polar surface area (TPSA) is 39.2 Å². The van der Waals surface area contributed by atoms with Crippen molar-refractivity contribution in [1.29, 1.82) is 0 Å². The first-order chi connectivity index (χ1) is 10.7. The van der Waals surface area contributed by atoms with Gasteiger partial charge in [0.25, 0.3) is 0 Å². The maximum atomic E-state index is 12.9. The fourth-order valence-electron chi connectivity index (χ4n) is 2.03. The van der Waals surface area contributed by atoms with Crippen molar-refractivity contribution in [2.45, 2.75) is 0 Å². The second-order valence-corrected chi connectivity index (χ2v) is 5.47. The third-order valence-electron chi connectivity index (χ3n) is 3.20. The highest BCUT2D eigenvalue weighted by molar-refractivity contribution is 7.13. The van der Waals surface area contributed by atoms with Gasteiger partial charge in [-0.1, -0.05) is 12.1 Å². The number of hydrogen-bond acceptors (Lipinski definition) is 4. The van der Waals surface area contributed by atoms with Crippen LogP contribution in [0.3, 0.4) is 0 Å². The molecule has 1 heterocycles. The van der Waals surface area contributed by atoms with Crippen molar-refractivity contribution in [3.05, 3.63) is 65.3 Å². The number of carbonyl (C=O) groups is 1. The Kier molecular flexibility index (Phi) is 3.98. The summed E-state index contributed by atoms with van der Waals surface area (Å²) in [6.45, 7) is 0. The van der Waals surface area contributed by atoms with Crippen LogP contribution >= 0.6 is 11.3 Å². The molecule has 1 aromatic heterocycles. The summed E-state index contributed by atoms with van der Waals surface area (Å²) >= 11 is 1.50. The number of carbonyl (C=O) groups excluding carboxylic acids is 1. The number of hydrogen-bond donors (Lipinski definition) is 0. The smallest absolute Gasteiger partial charge is 0.337 e. The highest BCUT2D eigenvalue weighted by Crippen LogP contribution is 2.29. The Morgan fingerprint density at radius 3 is 2.32 bits per heavy atom. The lowest BCUT2D eigenvalue weighted by atomic mass is 10.1. The molecular formula is C17H12FNO2S. The first kappa shape index (κ1) is 14.4. The molecular weight excluding hydrogens is 301 g/mol. The van der Waals surface area contributed by atoms with Crippen molar-refractivity contribution in [1.82, 2.24) is 4.98 Å². The van der Waals surface area contributed by atoms with Crippen LogP contribution in [-0.4, -0.2) is 18.1 Å². The van der Waals surface area contributed by atoms with Crippen molar-refractivity contribution < 1.29 is 13.9 Å². The number of aromatic nitrogens is 1. The monoisotopic (exact) mass is 313 g/mol. The van der Waals surface area contributed by atoms with Gasteiger partial charge < -0.3 is 4.74 Å². The van der Waals surface area contributed by atoms with Crippen LogP contribution in [0.5, 0.6) is 0 Å². The second-order valence-electron chi connectivity index (χ2n) is 4.61. The van der Waals surface area contributed by atoms with E-state index in [1.54, 1.807) is 24.3 Å². The van der Waals surface area contributed by atoms with Crippen LogP contribution < -0.4 is 0 Å². The Bertz CT molecular complexity index is 794. The lowest BCUT2D eigenvalue weighted by molar-refractivity contribution is 0.0601. The summed E-state index contributed by atoms with van der Waals surface area (Å²) in [6, 6.07) is 13.3. The molecule has 0 fully saturated rings. The molecule has 0 spiro atoms. The Morgan fingerprint density at radius 1 is 1.05 bits per heavy atom. The van der Waals surface area contributed by atoms with Crippen molar-refractivity contribution >= 4 is 17.3 Å². The molecule has 110 valence electrons. The molecule has 0 saturated heterocycles. The molecule has 0 aliphatic heterocycles. The van der Waals surface area contributed by atoms with Crippen molar-refractivity contribution in [2.75, 3.05) is 7.11 Å². The summed E-state index contributed by atoms with van der Waals surface area (Å²) in [5.74, 6) is -0.629. The number of nitrogens with zero attached hydrogens (tertiary/aromatic N) is 1. The minimum Gasteiger partial charge on any atom is -0.465 e. The number of thiazole rings is 1. The van der Waals surface area contributed by atoms with Crippen molar-refractivity contribution in [3.63, 3.8) is 0 Å². The predicted molar refractivity (Wildman–Crippen MR) is 84.3 cm³/mol. The summed E-state index contributed by atoms with van der Waals surface area (Å²) in [5.41, 5.74) is 3.10. The van der Waals surface area contributed by atoms with E-state index in [0.29, 0.717) is 5.56 Å². The van der Waals surface area contributed by atoms with Crippen LogP contribution in [0.15, 0.2) is 53.9 Å². The molecule has 0 unspecified atom stereocenters. The van der Waals surface area contributed by atoms with Crippen LogP contribution in [0.25, 0.3) is 21.8 Å². The number of ether oxygens (including phenoxy) is 1. The molecule has 0 aliphatic carbocycles. The Hall–Kier alpha value is -2.53. The number of esters is 1. The molecule has 22 heavy (non-hydrogen) atoms. The molecule has 5 heteroatoms. The molecule has 0 N–H and O–H groups in total. The fraction of sp³-hybridized carbons (Fsp3) is 0.0588. The standard InChI is InChI=1S/C17H12FNO2S/c1-21-17(20)13-4-2-12(3-5-13)16-19-15(10-22-16)11-6-8-14(18)9-7-11/h2-10H,1H3. The Labute approximate surface area is 131 Å². The van der Waals surface area contributed by atoms with Crippen LogP contribution in [0, 0.1) is 5.82 Å². The van der Waals surface area contributed by atoms with E-state index < -0.39 is 0 Å². The van der Waals surface area contributed by atoms with E-state index in [9.17, 15) is 9.18 Å². The first-order valence-electron chi connectivity index (χ1n) is 6.57. The third-order valence-corrected chi connectivity index (χ3v) is 4.09. The zero-order valence-corrected chi connectivity index (χ0v) is 12.6. The molecule has 0 atom stereocenters. The molecule has 0 radical (unpaired) electrons. The second kappa shape index (κ2) is 6.07. The van der Waals surface area contributed by atoms with Crippen LogP contribution in [0.1, 0.15) is 10.4 Å². The van der Waals surface area contributed by atoms with Gasteiger partial charge in [-0.15, -0.1) is 11.3 Å². The Morgan fingerprint density at radius 2 is 1.68 bits per heavy atom. The molecule has 0 bridgehead atoms. The van der Waals surface area contributed by atoms with E-state index in [2.05, 4.69) is 9.72 Å². The highest BCUT2D eigenvalue weighted by Gasteiger charge is 2.09. The molecule has 0 aliphatic rings. The van der Waals surface area contributed by atoms with Gasteiger partial charge in [-0.25, -0.2) is 14.2 Å². The van der Waals surface area contributed by atoms with Gasteiger partial charge in [0.2, 0.25) is 0 Å². The SMILES string of the molecule is COC(=O)c1ccc(-c2nc(-c3ccc(F)cc3)cs2)cc1. The number of rotatable bonds is 3. The number of halogens is 1. The Balaban J connectivity index is 1.87. The van der Waals surface area contributed by atoms with E-state index in [-0.39, 0.29) is 11.8 Å². The maximum Gasteiger partial charge on any atom is 0.337 e. The lowest BCUT2D eigenvalue weighted by Crippen LogP contribution is -2.00. The zero-order valence-electron chi connectivity index (χ0n) is 11.7. The summed E-state index contributed by atoms with van der Waals surface area (Å²) in [4.78, 5) is 16.0. The number of benzene rings is 2. The number of methoxy groups -OCH3 is 1. The van der Waals surface area contributed by atoms with Gasteiger partial charge in [-0.05, 0) is 36.4 Å². The summed E-state index contributed by atoms with van der Waals surface area (Å²) in [5, 5.41) is 2.77. The minimum absolute atomic E-state index is 0.266. The van der Waals surface area contributed by atoms with Gasteiger partial charge in [-0.3, -0.25) is 0 Å². The van der Waals surface area contributed by atoms with Gasteiger partial charge in [0, 0.05) is 16.5 Å². The van der Waals surface area contributed by atoms with Gasteiger partial charge in [0.1, 0.15) is 10.8 Å². The zero-order chi connectivity index (χ0) is 15.5.